The number of benzene rings is 1. The van der Waals surface area contributed by atoms with E-state index in [-0.39, 0.29) is 0 Å². The van der Waals surface area contributed by atoms with Crippen molar-refractivity contribution < 1.29 is 4.79 Å². The van der Waals surface area contributed by atoms with Gasteiger partial charge in [-0.15, -0.1) is 0 Å². The summed E-state index contributed by atoms with van der Waals surface area (Å²) < 4.78 is 0. The number of aryl methyl sites for hydroxylation is 1. The minimum Gasteiger partial charge on any atom is -0.298 e. The summed E-state index contributed by atoms with van der Waals surface area (Å²) >= 11 is 0. The van der Waals surface area contributed by atoms with Gasteiger partial charge in [-0.25, -0.2) is 0 Å². The number of hydrogen-bond donors (Lipinski definition) is 0. The van der Waals surface area contributed by atoms with Crippen molar-refractivity contribution in [2.24, 2.45) is 0 Å². The molecule has 0 aliphatic heterocycles. The minimum atomic E-state index is 0.673. The average molecular weight is 186 g/mol. The predicted molar refractivity (Wildman–Crippen MR) is 61.4 cm³/mol. The van der Waals surface area contributed by atoms with Crippen molar-refractivity contribution in [1.82, 2.24) is 0 Å². The van der Waals surface area contributed by atoms with Gasteiger partial charge in [0.15, 0.2) is 6.29 Å². The summed E-state index contributed by atoms with van der Waals surface area (Å²) in [5.41, 5.74) is 3.77. The molecule has 0 heterocycles. The third-order valence-electron chi connectivity index (χ3n) is 2.33. The zero-order chi connectivity index (χ0) is 10.6. The first kappa shape index (κ1) is 10.5. The van der Waals surface area contributed by atoms with Crippen LogP contribution in [-0.2, 0) is 6.42 Å². The van der Waals surface area contributed by atoms with E-state index in [0.29, 0.717) is 5.56 Å². The summed E-state index contributed by atoms with van der Waals surface area (Å²) in [7, 11) is 0. The molecule has 0 bridgehead atoms. The largest absolute Gasteiger partial charge is 0.298 e. The van der Waals surface area contributed by atoms with E-state index in [0.717, 1.165) is 23.8 Å². The summed E-state index contributed by atoms with van der Waals surface area (Å²) in [6, 6.07) is 3.80. The van der Waals surface area contributed by atoms with Crippen LogP contribution in [0.2, 0.25) is 0 Å². The van der Waals surface area contributed by atoms with Crippen LogP contribution in [0.15, 0.2) is 25.3 Å². The molecule has 0 atom stereocenters. The zero-order valence-corrected chi connectivity index (χ0v) is 8.42. The molecule has 0 aromatic heterocycles. The second-order valence-electron chi connectivity index (χ2n) is 3.02. The van der Waals surface area contributed by atoms with Crippen LogP contribution in [0, 0.1) is 0 Å². The minimum absolute atomic E-state index is 0.673. The molecule has 0 saturated carbocycles. The zero-order valence-electron chi connectivity index (χ0n) is 8.42. The highest BCUT2D eigenvalue weighted by molar-refractivity contribution is 5.85. The van der Waals surface area contributed by atoms with Crippen LogP contribution < -0.4 is 0 Å². The molecule has 1 aromatic carbocycles. The van der Waals surface area contributed by atoms with Gasteiger partial charge in [0, 0.05) is 5.56 Å². The molecule has 1 rings (SSSR count). The maximum Gasteiger partial charge on any atom is 0.150 e. The topological polar surface area (TPSA) is 17.1 Å². The van der Waals surface area contributed by atoms with Crippen LogP contribution in [0.4, 0.5) is 0 Å². The maximum atomic E-state index is 10.8. The quantitative estimate of drug-likeness (QED) is 0.659. The molecule has 0 aliphatic carbocycles. The number of aldehydes is 1. The first-order valence-electron chi connectivity index (χ1n) is 4.64. The summed E-state index contributed by atoms with van der Waals surface area (Å²) in [4.78, 5) is 10.8. The van der Waals surface area contributed by atoms with Crippen LogP contribution in [-0.4, -0.2) is 6.29 Å². The lowest BCUT2D eigenvalue weighted by Gasteiger charge is -2.09. The molecular weight excluding hydrogens is 172 g/mol. The summed E-state index contributed by atoms with van der Waals surface area (Å²) in [6.45, 7) is 9.56. The molecule has 0 spiro atoms. The lowest BCUT2D eigenvalue weighted by molar-refractivity contribution is 0.112. The van der Waals surface area contributed by atoms with Gasteiger partial charge in [0.25, 0.3) is 0 Å². The Morgan fingerprint density at radius 3 is 2.29 bits per heavy atom. The first-order valence-corrected chi connectivity index (χ1v) is 4.64. The molecule has 0 saturated heterocycles. The van der Waals surface area contributed by atoms with Crippen molar-refractivity contribution in [3.63, 3.8) is 0 Å². The van der Waals surface area contributed by atoms with E-state index in [1.54, 1.807) is 12.2 Å². The van der Waals surface area contributed by atoms with E-state index in [9.17, 15) is 4.79 Å². The Bertz CT molecular complexity index is 375. The monoisotopic (exact) mass is 186 g/mol. The van der Waals surface area contributed by atoms with E-state index >= 15 is 0 Å². The van der Waals surface area contributed by atoms with Crippen LogP contribution in [0.3, 0.4) is 0 Å². The lowest BCUT2D eigenvalue weighted by Crippen LogP contribution is -1.95. The van der Waals surface area contributed by atoms with Crippen molar-refractivity contribution in [2.75, 3.05) is 0 Å². The van der Waals surface area contributed by atoms with Gasteiger partial charge in [0.05, 0.1) is 0 Å². The number of carbonyl (C=O) groups excluding carboxylic acids is 1. The van der Waals surface area contributed by atoms with Crippen molar-refractivity contribution in [1.29, 1.82) is 0 Å². The second-order valence-corrected chi connectivity index (χ2v) is 3.02. The van der Waals surface area contributed by atoms with Crippen molar-refractivity contribution in [3.8, 4) is 0 Å². The molecule has 0 radical (unpaired) electrons. The molecule has 0 unspecified atom stereocenters. The van der Waals surface area contributed by atoms with E-state index in [4.69, 9.17) is 0 Å². The molecule has 0 fully saturated rings. The summed E-state index contributed by atoms with van der Waals surface area (Å²) in [5.74, 6) is 0. The van der Waals surface area contributed by atoms with E-state index in [1.807, 2.05) is 12.1 Å². The molecule has 1 heteroatoms. The Kier molecular flexibility index (Phi) is 3.41. The maximum absolute atomic E-state index is 10.8. The van der Waals surface area contributed by atoms with Gasteiger partial charge < -0.3 is 0 Å². The van der Waals surface area contributed by atoms with Crippen LogP contribution in [0.1, 0.15) is 34.0 Å². The van der Waals surface area contributed by atoms with Crippen LogP contribution >= 0.6 is 0 Å². The third-order valence-corrected chi connectivity index (χ3v) is 2.33. The van der Waals surface area contributed by atoms with Crippen molar-refractivity contribution in [2.45, 2.75) is 13.3 Å². The fourth-order valence-corrected chi connectivity index (χ4v) is 1.58. The van der Waals surface area contributed by atoms with Crippen molar-refractivity contribution >= 4 is 18.4 Å². The van der Waals surface area contributed by atoms with Gasteiger partial charge in [-0.1, -0.05) is 44.4 Å². The molecule has 72 valence electrons. The third kappa shape index (κ3) is 1.67. The summed E-state index contributed by atoms with van der Waals surface area (Å²) in [6.07, 6.45) is 5.27. The van der Waals surface area contributed by atoms with Gasteiger partial charge in [0.2, 0.25) is 0 Å². The Hall–Kier alpha value is -1.63. The highest BCUT2D eigenvalue weighted by atomic mass is 16.1. The highest BCUT2D eigenvalue weighted by Crippen LogP contribution is 2.21. The molecule has 0 amide bonds. The van der Waals surface area contributed by atoms with Gasteiger partial charge in [-0.2, -0.15) is 0 Å². The highest BCUT2D eigenvalue weighted by Gasteiger charge is 2.06. The van der Waals surface area contributed by atoms with Gasteiger partial charge in [-0.3, -0.25) is 4.79 Å². The predicted octanol–water partition coefficient (Wildman–Crippen LogP) is 3.35. The van der Waals surface area contributed by atoms with Gasteiger partial charge in [0.1, 0.15) is 0 Å². The first-order chi connectivity index (χ1) is 6.78. The Labute approximate surface area is 84.8 Å². The molecule has 1 aromatic rings. The Morgan fingerprint density at radius 2 is 1.86 bits per heavy atom. The summed E-state index contributed by atoms with van der Waals surface area (Å²) in [5, 5.41) is 0. The van der Waals surface area contributed by atoms with Crippen LogP contribution in [0.25, 0.3) is 12.2 Å². The number of carbonyl (C=O) groups is 1. The normalized spacial score (nSPS) is 9.50. The van der Waals surface area contributed by atoms with E-state index in [1.165, 1.54) is 5.56 Å². The standard InChI is InChI=1S/C13H14O/c1-4-10-7-8-11(9-14)13(6-3)12(10)5-2/h5-9H,2-4H2,1H3. The molecule has 1 nitrogen and oxygen atoms in total. The van der Waals surface area contributed by atoms with Gasteiger partial charge in [-0.05, 0) is 23.1 Å². The second kappa shape index (κ2) is 4.56. The number of rotatable bonds is 4. The SMILES string of the molecule is C=Cc1c(C=O)ccc(CC)c1C=C. The van der Waals surface area contributed by atoms with Gasteiger partial charge >= 0.3 is 0 Å². The lowest BCUT2D eigenvalue weighted by atomic mass is 9.95. The average Bonchev–Trinajstić information content (AvgIpc) is 2.26. The molecule has 0 N–H and O–H groups in total. The van der Waals surface area contributed by atoms with E-state index in [2.05, 4.69) is 20.1 Å². The number of hydrogen-bond acceptors (Lipinski definition) is 1. The molecule has 0 aliphatic rings. The molecular formula is C13H14O. The Balaban J connectivity index is 3.50. The van der Waals surface area contributed by atoms with Crippen molar-refractivity contribution in [3.05, 3.63) is 47.5 Å². The van der Waals surface area contributed by atoms with Crippen LogP contribution in [0.5, 0.6) is 0 Å². The molecule has 14 heavy (non-hydrogen) atoms. The fraction of sp³-hybridized carbons (Fsp3) is 0.154. The fourth-order valence-electron chi connectivity index (χ4n) is 1.58. The van der Waals surface area contributed by atoms with E-state index < -0.39 is 0 Å². The Morgan fingerprint density at radius 1 is 1.21 bits per heavy atom. The smallest absolute Gasteiger partial charge is 0.150 e.